The molecule has 0 spiro atoms. The van der Waals surface area contributed by atoms with Gasteiger partial charge in [-0.25, -0.2) is 0 Å². The molecule has 42 heavy (non-hydrogen) atoms. The van der Waals surface area contributed by atoms with Crippen molar-refractivity contribution in [2.45, 2.75) is 45.4 Å². The number of halogens is 2. The van der Waals surface area contributed by atoms with E-state index >= 15 is 0 Å². The van der Waals surface area contributed by atoms with Crippen LogP contribution in [-0.2, 0) is 11.8 Å². The summed E-state index contributed by atoms with van der Waals surface area (Å²) < 4.78 is 5.32. The molecule has 8 rings (SSSR count). The van der Waals surface area contributed by atoms with Gasteiger partial charge in [0.25, 0.3) is 0 Å². The quantitative estimate of drug-likeness (QED) is 0.127. The average Bonchev–Trinajstić information content (AvgIpc) is 3.35. The molecule has 0 fully saturated rings. The van der Waals surface area contributed by atoms with Crippen LogP contribution >= 0.6 is 56.5 Å². The van der Waals surface area contributed by atoms with Crippen molar-refractivity contribution >= 4 is 117 Å². The normalized spacial score (nSPS) is 14.7. The van der Waals surface area contributed by atoms with Crippen molar-refractivity contribution in [1.29, 1.82) is 0 Å². The molecule has 5 aromatic carbocycles. The summed E-state index contributed by atoms with van der Waals surface area (Å²) in [5, 5.41) is 2.77. The SMILES string of the molecule is CCCCc1ccc2c3c1C(C)(C)c1cc4sc5ccccc5c4cc1B3c1cc(I)ccc1N2c1ccc(I)cc1. The smallest absolute Gasteiger partial charge is 0.247 e. The van der Waals surface area contributed by atoms with Gasteiger partial charge in [0.05, 0.1) is 0 Å². The zero-order chi connectivity index (χ0) is 28.7. The van der Waals surface area contributed by atoms with Crippen LogP contribution in [0.25, 0.3) is 20.2 Å². The number of aryl methyl sites for hydroxylation is 1. The molecule has 3 heterocycles. The molecule has 2 aliphatic heterocycles. The summed E-state index contributed by atoms with van der Waals surface area (Å²) in [7, 11) is 0. The molecule has 206 valence electrons. The van der Waals surface area contributed by atoms with Crippen LogP contribution in [0.4, 0.5) is 17.1 Å². The summed E-state index contributed by atoms with van der Waals surface area (Å²) in [6, 6.07) is 35.0. The van der Waals surface area contributed by atoms with Crippen LogP contribution in [0.1, 0.15) is 50.3 Å². The Kier molecular flexibility index (Phi) is 6.54. The number of nitrogens with zero attached hydrogens (tertiary/aromatic N) is 1. The topological polar surface area (TPSA) is 3.24 Å². The molecule has 0 saturated carbocycles. The lowest BCUT2D eigenvalue weighted by Gasteiger charge is -2.46. The van der Waals surface area contributed by atoms with E-state index in [-0.39, 0.29) is 12.1 Å². The predicted octanol–water partition coefficient (Wildman–Crippen LogP) is 9.54. The summed E-state index contributed by atoms with van der Waals surface area (Å²) in [5.41, 5.74) is 12.7. The molecule has 0 bridgehead atoms. The molecular formula is C37H30BI2NS. The maximum atomic E-state index is 2.56. The van der Waals surface area contributed by atoms with Crippen LogP contribution in [0, 0.1) is 7.14 Å². The highest BCUT2D eigenvalue weighted by atomic mass is 127. The molecule has 0 amide bonds. The number of rotatable bonds is 4. The number of fused-ring (bicyclic) bond motifs is 7. The van der Waals surface area contributed by atoms with Gasteiger partial charge in [-0.2, -0.15) is 0 Å². The minimum absolute atomic E-state index is 0.109. The first-order valence-electron chi connectivity index (χ1n) is 14.8. The van der Waals surface area contributed by atoms with Crippen molar-refractivity contribution in [1.82, 2.24) is 0 Å². The Morgan fingerprint density at radius 1 is 0.762 bits per heavy atom. The van der Waals surface area contributed by atoms with Crippen LogP contribution in [-0.4, -0.2) is 6.71 Å². The highest BCUT2D eigenvalue weighted by Gasteiger charge is 2.47. The Bertz CT molecular complexity index is 2040. The van der Waals surface area contributed by atoms with Crippen LogP contribution < -0.4 is 21.3 Å². The second kappa shape index (κ2) is 10.1. The zero-order valence-electron chi connectivity index (χ0n) is 24.0. The summed E-state index contributed by atoms with van der Waals surface area (Å²) in [6.07, 6.45) is 3.54. The van der Waals surface area contributed by atoms with E-state index in [0.717, 1.165) is 6.42 Å². The molecule has 0 saturated heterocycles. The van der Waals surface area contributed by atoms with Gasteiger partial charge in [-0.1, -0.05) is 69.1 Å². The lowest BCUT2D eigenvalue weighted by atomic mass is 9.30. The van der Waals surface area contributed by atoms with Crippen molar-refractivity contribution in [3.8, 4) is 0 Å². The van der Waals surface area contributed by atoms with Gasteiger partial charge in [0.15, 0.2) is 0 Å². The summed E-state index contributed by atoms with van der Waals surface area (Å²) in [6.45, 7) is 7.46. The fourth-order valence-electron chi connectivity index (χ4n) is 7.59. The lowest BCUT2D eigenvalue weighted by Crippen LogP contribution is -2.64. The van der Waals surface area contributed by atoms with Crippen LogP contribution in [0.3, 0.4) is 0 Å². The van der Waals surface area contributed by atoms with E-state index in [1.807, 2.05) is 11.3 Å². The van der Waals surface area contributed by atoms with Crippen molar-refractivity contribution in [2.24, 2.45) is 0 Å². The second-order valence-corrected chi connectivity index (χ2v) is 15.8. The van der Waals surface area contributed by atoms with Crippen LogP contribution in [0.15, 0.2) is 91.0 Å². The van der Waals surface area contributed by atoms with Crippen LogP contribution in [0.5, 0.6) is 0 Å². The van der Waals surface area contributed by atoms with Crippen molar-refractivity contribution in [3.63, 3.8) is 0 Å². The highest BCUT2D eigenvalue weighted by molar-refractivity contribution is 14.1. The molecule has 0 aliphatic carbocycles. The molecule has 1 aromatic heterocycles. The van der Waals surface area contributed by atoms with E-state index in [2.05, 4.69) is 162 Å². The zero-order valence-corrected chi connectivity index (χ0v) is 29.1. The van der Waals surface area contributed by atoms with Gasteiger partial charge in [0.1, 0.15) is 0 Å². The maximum Gasteiger partial charge on any atom is 0.247 e. The molecule has 5 heteroatoms. The summed E-state index contributed by atoms with van der Waals surface area (Å²) in [5.74, 6) is 0. The maximum absolute atomic E-state index is 2.56. The van der Waals surface area contributed by atoms with E-state index in [0.29, 0.717) is 0 Å². The first-order valence-corrected chi connectivity index (χ1v) is 17.8. The fraction of sp³-hybridized carbons (Fsp3) is 0.189. The van der Waals surface area contributed by atoms with Gasteiger partial charge in [0, 0.05) is 44.4 Å². The Balaban J connectivity index is 1.50. The number of anilines is 3. The van der Waals surface area contributed by atoms with E-state index in [9.17, 15) is 0 Å². The Morgan fingerprint density at radius 3 is 2.33 bits per heavy atom. The number of thiophene rings is 1. The van der Waals surface area contributed by atoms with Crippen molar-refractivity contribution < 1.29 is 0 Å². The fourth-order valence-corrected chi connectivity index (χ4v) is 9.60. The third kappa shape index (κ3) is 3.98. The van der Waals surface area contributed by atoms with E-state index < -0.39 is 0 Å². The minimum atomic E-state index is -0.109. The molecule has 0 radical (unpaired) electrons. The van der Waals surface area contributed by atoms with E-state index in [1.54, 1.807) is 5.56 Å². The first-order chi connectivity index (χ1) is 20.4. The molecule has 6 aromatic rings. The Hall–Kier alpha value is -2.36. The van der Waals surface area contributed by atoms with Gasteiger partial charge < -0.3 is 4.90 Å². The molecule has 0 atom stereocenters. The number of hydrogen-bond donors (Lipinski definition) is 0. The monoisotopic (exact) mass is 785 g/mol. The van der Waals surface area contributed by atoms with Gasteiger partial charge in [-0.15, -0.1) is 11.3 Å². The molecule has 0 N–H and O–H groups in total. The van der Waals surface area contributed by atoms with Gasteiger partial charge in [-0.05, 0) is 146 Å². The van der Waals surface area contributed by atoms with E-state index in [4.69, 9.17) is 0 Å². The van der Waals surface area contributed by atoms with Crippen molar-refractivity contribution in [2.75, 3.05) is 4.90 Å². The third-order valence-corrected chi connectivity index (χ3v) is 11.9. The lowest BCUT2D eigenvalue weighted by molar-refractivity contribution is 0.632. The summed E-state index contributed by atoms with van der Waals surface area (Å²) >= 11 is 6.85. The third-order valence-electron chi connectivity index (χ3n) is 9.42. The molecule has 2 aliphatic rings. The van der Waals surface area contributed by atoms with Gasteiger partial charge in [0.2, 0.25) is 6.71 Å². The molecule has 0 unspecified atom stereocenters. The predicted molar refractivity (Wildman–Crippen MR) is 201 cm³/mol. The average molecular weight is 785 g/mol. The van der Waals surface area contributed by atoms with Gasteiger partial charge in [-0.3, -0.25) is 0 Å². The number of hydrogen-bond acceptors (Lipinski definition) is 2. The van der Waals surface area contributed by atoms with Gasteiger partial charge >= 0.3 is 0 Å². The number of benzene rings is 5. The molecular weight excluding hydrogens is 755 g/mol. The Labute approximate surface area is 279 Å². The summed E-state index contributed by atoms with van der Waals surface area (Å²) in [4.78, 5) is 2.53. The first kappa shape index (κ1) is 27.2. The Morgan fingerprint density at radius 2 is 1.52 bits per heavy atom. The second-order valence-electron chi connectivity index (χ2n) is 12.2. The number of unbranched alkanes of at least 4 members (excludes halogenated alkanes) is 1. The highest BCUT2D eigenvalue weighted by Crippen LogP contribution is 2.46. The largest absolute Gasteiger partial charge is 0.312 e. The van der Waals surface area contributed by atoms with Crippen molar-refractivity contribution in [3.05, 3.63) is 115 Å². The minimum Gasteiger partial charge on any atom is -0.312 e. The van der Waals surface area contributed by atoms with Crippen LogP contribution in [0.2, 0.25) is 0 Å². The standard InChI is InChI=1S/C37H30BI2NS/c1-4-5-8-22-11-17-32-36-35(22)37(2,3)28-21-34-27(26-9-6-7-10-33(26)42-34)20-29(28)38(36)30-19-24(40)14-18-31(30)41(32)25-15-12-23(39)13-16-25/h6-7,9-21H,4-5,8H2,1-3H3. The van der Waals surface area contributed by atoms with E-state index in [1.165, 1.54) is 84.7 Å². The molecule has 1 nitrogen and oxygen atoms in total.